The minimum absolute atomic E-state index is 0.0508. The molecule has 3 N–H and O–H groups in total. The second-order valence-corrected chi connectivity index (χ2v) is 9.54. The minimum Gasteiger partial charge on any atom is -0.349 e. The van der Waals surface area contributed by atoms with Gasteiger partial charge in [-0.05, 0) is 44.5 Å². The molecule has 0 unspecified atom stereocenters. The molecule has 10 heteroatoms. The molecule has 1 aromatic carbocycles. The first-order valence-corrected chi connectivity index (χ1v) is 13.0. The number of nitrogens with zero attached hydrogens (tertiary/aromatic N) is 3. The molecule has 32 heavy (non-hydrogen) atoms. The Morgan fingerprint density at radius 3 is 2.53 bits per heavy atom. The summed E-state index contributed by atoms with van der Waals surface area (Å²) in [5.41, 5.74) is 1.11. The van der Waals surface area contributed by atoms with Crippen LogP contribution in [0.1, 0.15) is 63.3 Å². The average molecular weight is 465 g/mol. The first kappa shape index (κ1) is 26.0. The Morgan fingerprint density at radius 1 is 1.16 bits per heavy atom. The molecule has 1 atom stereocenters. The highest BCUT2D eigenvalue weighted by molar-refractivity contribution is 7.89. The highest BCUT2D eigenvalue weighted by Gasteiger charge is 2.23. The highest BCUT2D eigenvalue weighted by atomic mass is 32.2. The van der Waals surface area contributed by atoms with Crippen LogP contribution in [0.25, 0.3) is 0 Å². The summed E-state index contributed by atoms with van der Waals surface area (Å²) >= 11 is 0. The monoisotopic (exact) mass is 464 g/mol. The van der Waals surface area contributed by atoms with E-state index in [1.165, 1.54) is 0 Å². The van der Waals surface area contributed by atoms with Gasteiger partial charge in [0.15, 0.2) is 5.82 Å². The summed E-state index contributed by atoms with van der Waals surface area (Å²) in [6.07, 6.45) is 2.15. The van der Waals surface area contributed by atoms with Gasteiger partial charge in [-0.15, -0.1) is 0 Å². The third-order valence-corrected chi connectivity index (χ3v) is 6.77. The normalized spacial score (nSPS) is 12.8. The van der Waals surface area contributed by atoms with E-state index in [0.29, 0.717) is 37.3 Å². The fourth-order valence-corrected chi connectivity index (χ4v) is 4.63. The van der Waals surface area contributed by atoms with Crippen molar-refractivity contribution in [1.82, 2.24) is 30.1 Å². The summed E-state index contributed by atoms with van der Waals surface area (Å²) in [6, 6.07) is 9.34. The van der Waals surface area contributed by atoms with E-state index in [4.69, 9.17) is 0 Å². The van der Waals surface area contributed by atoms with E-state index in [1.54, 1.807) is 6.92 Å². The number of nitrogens with one attached hydrogen (secondary N) is 3. The number of carbonyl (C=O) groups is 1. The Kier molecular flexibility index (Phi) is 10.8. The molecule has 0 bridgehead atoms. The Balaban J connectivity index is 2.06. The fourth-order valence-electron chi connectivity index (χ4n) is 3.34. The van der Waals surface area contributed by atoms with E-state index in [-0.39, 0.29) is 18.2 Å². The summed E-state index contributed by atoms with van der Waals surface area (Å²) in [5.74, 6) is 0.841. The third kappa shape index (κ3) is 9.05. The van der Waals surface area contributed by atoms with Crippen LogP contribution in [0.5, 0.6) is 0 Å². The lowest BCUT2D eigenvalue weighted by Gasteiger charge is -2.19. The Hall–Kier alpha value is -2.30. The molecule has 1 heterocycles. The maximum atomic E-state index is 12.8. The number of amides is 1. The number of hydrogen-bond donors (Lipinski definition) is 3. The molecule has 0 aliphatic heterocycles. The van der Waals surface area contributed by atoms with Crippen molar-refractivity contribution in [1.29, 1.82) is 0 Å². The van der Waals surface area contributed by atoms with E-state index in [9.17, 15) is 13.2 Å². The van der Waals surface area contributed by atoms with Gasteiger partial charge in [0.05, 0.1) is 18.3 Å². The minimum atomic E-state index is -3.51. The summed E-state index contributed by atoms with van der Waals surface area (Å²) in [5, 5.41) is 9.78. The molecular formula is C22H36N6O3S. The number of hydrogen-bond acceptors (Lipinski definition) is 6. The van der Waals surface area contributed by atoms with Crippen LogP contribution in [0.15, 0.2) is 30.3 Å². The maximum Gasteiger partial charge on any atom is 0.220 e. The van der Waals surface area contributed by atoms with Gasteiger partial charge >= 0.3 is 0 Å². The average Bonchev–Trinajstić information content (AvgIpc) is 3.27. The van der Waals surface area contributed by atoms with Crippen LogP contribution in [0.2, 0.25) is 0 Å². The molecule has 0 radical (unpaired) electrons. The summed E-state index contributed by atoms with van der Waals surface area (Å²) < 4.78 is 28.4. The molecule has 0 saturated carbocycles. The van der Waals surface area contributed by atoms with Crippen molar-refractivity contribution < 1.29 is 13.2 Å². The third-order valence-electron chi connectivity index (χ3n) is 5.30. The molecule has 1 amide bonds. The van der Waals surface area contributed by atoms with Crippen molar-refractivity contribution >= 4 is 15.9 Å². The fraction of sp³-hybridized carbons (Fsp3) is 0.591. The molecule has 2 rings (SSSR count). The Bertz CT molecular complexity index is 913. The standard InChI is InChI=1S/C22H36N6O3S/c1-4-21(29)23-17-20-24-22(26-25-20)19(14-13-18-11-8-7-9-12-18)27-32(30,31)16-10-15-28(5-2)6-3/h7-9,11-12,19,27H,4-6,10,13-17H2,1-3H3,(H,23,29)(H,24,25,26)/t19-/m1/s1. The van der Waals surface area contributed by atoms with Gasteiger partial charge < -0.3 is 10.2 Å². The molecule has 0 aliphatic carbocycles. The molecule has 1 aromatic heterocycles. The van der Waals surface area contributed by atoms with Crippen molar-refractivity contribution in [2.75, 3.05) is 25.4 Å². The molecule has 2 aromatic rings. The van der Waals surface area contributed by atoms with Gasteiger partial charge in [0, 0.05) is 6.42 Å². The van der Waals surface area contributed by atoms with Gasteiger partial charge in [-0.3, -0.25) is 9.89 Å². The van der Waals surface area contributed by atoms with Crippen molar-refractivity contribution in [2.24, 2.45) is 0 Å². The summed E-state index contributed by atoms with van der Waals surface area (Å²) in [4.78, 5) is 18.1. The molecule has 178 valence electrons. The number of benzene rings is 1. The number of aromatic nitrogens is 3. The zero-order chi connectivity index (χ0) is 23.4. The van der Waals surface area contributed by atoms with Crippen molar-refractivity contribution in [2.45, 2.75) is 59.0 Å². The first-order chi connectivity index (χ1) is 15.4. The van der Waals surface area contributed by atoms with E-state index < -0.39 is 16.1 Å². The van der Waals surface area contributed by atoms with Crippen LogP contribution in [0.3, 0.4) is 0 Å². The van der Waals surface area contributed by atoms with E-state index in [1.807, 2.05) is 30.3 Å². The lowest BCUT2D eigenvalue weighted by atomic mass is 10.1. The van der Waals surface area contributed by atoms with Gasteiger partial charge in [0.25, 0.3) is 0 Å². The number of aryl methyl sites for hydroxylation is 1. The number of carbonyl (C=O) groups excluding carboxylic acids is 1. The zero-order valence-corrected chi connectivity index (χ0v) is 20.1. The molecule has 0 aliphatic rings. The van der Waals surface area contributed by atoms with E-state index in [0.717, 1.165) is 25.2 Å². The van der Waals surface area contributed by atoms with E-state index in [2.05, 4.69) is 44.0 Å². The molecule has 9 nitrogen and oxygen atoms in total. The van der Waals surface area contributed by atoms with Crippen molar-refractivity contribution in [3.8, 4) is 0 Å². The predicted molar refractivity (Wildman–Crippen MR) is 125 cm³/mol. The highest BCUT2D eigenvalue weighted by Crippen LogP contribution is 2.18. The second kappa shape index (κ2) is 13.3. The second-order valence-electron chi connectivity index (χ2n) is 7.66. The molecule has 0 saturated heterocycles. The number of aromatic amines is 1. The van der Waals surface area contributed by atoms with Crippen molar-refractivity contribution in [3.05, 3.63) is 47.5 Å². The zero-order valence-electron chi connectivity index (χ0n) is 19.3. The van der Waals surface area contributed by atoms with Gasteiger partial charge in [-0.1, -0.05) is 51.1 Å². The van der Waals surface area contributed by atoms with Crippen LogP contribution in [-0.4, -0.2) is 59.8 Å². The smallest absolute Gasteiger partial charge is 0.220 e. The molecule has 0 spiro atoms. The SMILES string of the molecule is CCC(=O)NCc1nc([C@@H](CCc2ccccc2)NS(=O)(=O)CCCN(CC)CC)n[nH]1. The van der Waals surface area contributed by atoms with Gasteiger partial charge in [0.1, 0.15) is 5.82 Å². The van der Waals surface area contributed by atoms with Crippen LogP contribution >= 0.6 is 0 Å². The van der Waals surface area contributed by atoms with Crippen LogP contribution in [0.4, 0.5) is 0 Å². The summed E-state index contributed by atoms with van der Waals surface area (Å²) in [6.45, 7) is 8.68. The Labute approximate surface area is 191 Å². The lowest BCUT2D eigenvalue weighted by molar-refractivity contribution is -0.120. The number of H-pyrrole nitrogens is 1. The van der Waals surface area contributed by atoms with Crippen LogP contribution in [0, 0.1) is 0 Å². The summed E-state index contributed by atoms with van der Waals surface area (Å²) in [7, 11) is -3.51. The number of sulfonamides is 1. The van der Waals surface area contributed by atoms with Gasteiger partial charge in [-0.25, -0.2) is 18.1 Å². The predicted octanol–water partition coefficient (Wildman–Crippen LogP) is 2.16. The molecule has 0 fully saturated rings. The quantitative estimate of drug-likeness (QED) is 0.371. The van der Waals surface area contributed by atoms with Gasteiger partial charge in [0.2, 0.25) is 15.9 Å². The maximum absolute atomic E-state index is 12.8. The topological polar surface area (TPSA) is 120 Å². The largest absolute Gasteiger partial charge is 0.349 e. The lowest BCUT2D eigenvalue weighted by Crippen LogP contribution is -2.33. The van der Waals surface area contributed by atoms with Crippen molar-refractivity contribution in [3.63, 3.8) is 0 Å². The van der Waals surface area contributed by atoms with Crippen LogP contribution in [-0.2, 0) is 27.8 Å². The number of rotatable bonds is 15. The molecular weight excluding hydrogens is 428 g/mol. The van der Waals surface area contributed by atoms with E-state index >= 15 is 0 Å². The Morgan fingerprint density at radius 2 is 1.88 bits per heavy atom. The van der Waals surface area contributed by atoms with Gasteiger partial charge in [-0.2, -0.15) is 5.10 Å². The van der Waals surface area contributed by atoms with Crippen LogP contribution < -0.4 is 10.0 Å². The first-order valence-electron chi connectivity index (χ1n) is 11.3.